The van der Waals surface area contributed by atoms with Crippen molar-refractivity contribution >= 4 is 63.8 Å². The Morgan fingerprint density at radius 2 is 1.71 bits per heavy atom. The second-order valence-electron chi connectivity index (χ2n) is 7.79. The molecule has 9 heteroatoms. The molecule has 0 aliphatic carbocycles. The van der Waals surface area contributed by atoms with Gasteiger partial charge < -0.3 is 10.1 Å². The lowest BCUT2D eigenvalue weighted by Crippen LogP contribution is -2.27. The fourth-order valence-electron chi connectivity index (χ4n) is 3.25. The van der Waals surface area contributed by atoms with Crippen LogP contribution in [0.3, 0.4) is 0 Å². The number of nitrogens with one attached hydrogen (secondary N) is 1. The Hall–Kier alpha value is -3.26. The van der Waals surface area contributed by atoms with Gasteiger partial charge in [0, 0.05) is 5.69 Å². The maximum atomic E-state index is 12.8. The zero-order valence-electron chi connectivity index (χ0n) is 18.6. The molecule has 0 radical (unpaired) electrons. The van der Waals surface area contributed by atoms with Crippen LogP contribution in [-0.2, 0) is 16.1 Å². The first kappa shape index (κ1) is 24.9. The number of hydrogen-bond donors (Lipinski definition) is 1. The molecule has 178 valence electrons. The van der Waals surface area contributed by atoms with Gasteiger partial charge in [-0.1, -0.05) is 59.1 Å². The van der Waals surface area contributed by atoms with Gasteiger partial charge in [-0.25, -0.2) is 0 Å². The number of anilines is 1. The zero-order valence-corrected chi connectivity index (χ0v) is 20.9. The lowest BCUT2D eigenvalue weighted by molar-refractivity contribution is -0.123. The van der Waals surface area contributed by atoms with E-state index >= 15 is 0 Å². The second kappa shape index (κ2) is 11.0. The van der Waals surface area contributed by atoms with Crippen LogP contribution in [0.25, 0.3) is 6.08 Å². The molecule has 3 aromatic rings. The van der Waals surface area contributed by atoms with Crippen molar-refractivity contribution in [2.45, 2.75) is 13.5 Å². The summed E-state index contributed by atoms with van der Waals surface area (Å²) in [4.78, 5) is 38.8. The summed E-state index contributed by atoms with van der Waals surface area (Å²) in [6.07, 6.45) is 1.65. The average molecular weight is 527 g/mol. The molecule has 1 fully saturated rings. The molecule has 0 unspecified atom stereocenters. The van der Waals surface area contributed by atoms with E-state index in [1.54, 1.807) is 48.5 Å². The zero-order chi connectivity index (χ0) is 24.9. The third-order valence-corrected chi connectivity index (χ3v) is 6.73. The summed E-state index contributed by atoms with van der Waals surface area (Å²) < 4.78 is 5.54. The van der Waals surface area contributed by atoms with Crippen LogP contribution in [0.15, 0.2) is 71.6 Å². The molecule has 0 bridgehead atoms. The predicted octanol–water partition coefficient (Wildman–Crippen LogP) is 6.56. The van der Waals surface area contributed by atoms with Gasteiger partial charge in [0.05, 0.1) is 21.5 Å². The summed E-state index contributed by atoms with van der Waals surface area (Å²) in [5, 5.41) is 3.19. The number of carbonyl (C=O) groups is 3. The number of rotatable bonds is 7. The minimum absolute atomic E-state index is 0.107. The van der Waals surface area contributed by atoms with E-state index in [4.69, 9.17) is 27.9 Å². The van der Waals surface area contributed by atoms with Gasteiger partial charge in [-0.05, 0) is 72.3 Å². The van der Waals surface area contributed by atoms with E-state index in [0.717, 1.165) is 22.9 Å². The molecule has 6 nitrogen and oxygen atoms in total. The predicted molar refractivity (Wildman–Crippen MR) is 140 cm³/mol. The van der Waals surface area contributed by atoms with E-state index in [-0.39, 0.29) is 30.2 Å². The SMILES string of the molecule is Cc1ccc(NC(=O)COc2ccc(/C=C3/SC(=O)N(Cc4ccc(Cl)c(Cl)c4)C3=O)cc2)cc1. The highest BCUT2D eigenvalue weighted by Gasteiger charge is 2.35. The van der Waals surface area contributed by atoms with Crippen molar-refractivity contribution in [1.82, 2.24) is 4.90 Å². The molecule has 1 heterocycles. The number of hydrogen-bond acceptors (Lipinski definition) is 5. The quantitative estimate of drug-likeness (QED) is 0.353. The van der Waals surface area contributed by atoms with Crippen molar-refractivity contribution in [3.63, 3.8) is 0 Å². The summed E-state index contributed by atoms with van der Waals surface area (Å²) in [7, 11) is 0. The third kappa shape index (κ3) is 6.45. The van der Waals surface area contributed by atoms with Crippen molar-refractivity contribution in [2.24, 2.45) is 0 Å². The fourth-order valence-corrected chi connectivity index (χ4v) is 4.41. The van der Waals surface area contributed by atoms with Gasteiger partial charge >= 0.3 is 0 Å². The molecular formula is C26H20Cl2N2O4S. The number of thioether (sulfide) groups is 1. The summed E-state index contributed by atoms with van der Waals surface area (Å²) in [5.41, 5.74) is 3.24. The van der Waals surface area contributed by atoms with Gasteiger partial charge in [0.1, 0.15) is 5.75 Å². The Kier molecular flexibility index (Phi) is 7.80. The van der Waals surface area contributed by atoms with Gasteiger partial charge in [0.15, 0.2) is 6.61 Å². The van der Waals surface area contributed by atoms with E-state index in [9.17, 15) is 14.4 Å². The Morgan fingerprint density at radius 3 is 2.40 bits per heavy atom. The maximum Gasteiger partial charge on any atom is 0.293 e. The van der Waals surface area contributed by atoms with E-state index in [2.05, 4.69) is 5.32 Å². The monoisotopic (exact) mass is 526 g/mol. The van der Waals surface area contributed by atoms with Crippen LogP contribution in [0, 0.1) is 6.92 Å². The second-order valence-corrected chi connectivity index (χ2v) is 9.60. The number of ether oxygens (including phenoxy) is 1. The molecule has 1 N–H and O–H groups in total. The smallest absolute Gasteiger partial charge is 0.293 e. The number of carbonyl (C=O) groups excluding carboxylic acids is 3. The Balaban J connectivity index is 1.34. The number of halogens is 2. The van der Waals surface area contributed by atoms with Crippen LogP contribution < -0.4 is 10.1 Å². The van der Waals surface area contributed by atoms with Gasteiger partial charge in [-0.3, -0.25) is 19.3 Å². The van der Waals surface area contributed by atoms with E-state index < -0.39 is 0 Å². The molecule has 0 atom stereocenters. The number of amides is 3. The van der Waals surface area contributed by atoms with Crippen molar-refractivity contribution in [3.8, 4) is 5.75 Å². The van der Waals surface area contributed by atoms with Crippen LogP contribution in [0.4, 0.5) is 10.5 Å². The van der Waals surface area contributed by atoms with Crippen LogP contribution in [0.1, 0.15) is 16.7 Å². The van der Waals surface area contributed by atoms with Crippen LogP contribution in [0.2, 0.25) is 10.0 Å². The number of benzene rings is 3. The molecular weight excluding hydrogens is 507 g/mol. The highest BCUT2D eigenvalue weighted by Crippen LogP contribution is 2.34. The Labute approximate surface area is 216 Å². The summed E-state index contributed by atoms with van der Waals surface area (Å²) in [6.45, 7) is 1.94. The molecule has 3 amide bonds. The van der Waals surface area contributed by atoms with E-state index in [0.29, 0.717) is 32.0 Å². The molecule has 0 spiro atoms. The van der Waals surface area contributed by atoms with E-state index in [1.807, 2.05) is 31.2 Å². The topological polar surface area (TPSA) is 75.7 Å². The van der Waals surface area contributed by atoms with Gasteiger partial charge in [0.25, 0.3) is 17.1 Å². The molecule has 1 saturated heterocycles. The minimum atomic E-state index is -0.376. The first-order valence-corrected chi connectivity index (χ1v) is 12.1. The Morgan fingerprint density at radius 1 is 1.00 bits per heavy atom. The fraction of sp³-hybridized carbons (Fsp3) is 0.115. The average Bonchev–Trinajstić information content (AvgIpc) is 3.09. The first-order chi connectivity index (χ1) is 16.8. The van der Waals surface area contributed by atoms with Crippen molar-refractivity contribution in [2.75, 3.05) is 11.9 Å². The summed E-state index contributed by atoms with van der Waals surface area (Å²) >= 11 is 12.8. The van der Waals surface area contributed by atoms with Crippen LogP contribution in [-0.4, -0.2) is 28.6 Å². The van der Waals surface area contributed by atoms with Crippen molar-refractivity contribution in [1.29, 1.82) is 0 Å². The van der Waals surface area contributed by atoms with E-state index in [1.165, 1.54) is 4.90 Å². The first-order valence-electron chi connectivity index (χ1n) is 10.6. The third-order valence-electron chi connectivity index (χ3n) is 5.08. The highest BCUT2D eigenvalue weighted by molar-refractivity contribution is 8.18. The standard InChI is InChI=1S/C26H20Cl2N2O4S/c1-16-2-7-19(8-3-16)29-24(31)15-34-20-9-4-17(5-10-20)13-23-25(32)30(26(33)35-23)14-18-6-11-21(27)22(28)12-18/h2-13H,14-15H2,1H3,(H,29,31)/b23-13+. The lowest BCUT2D eigenvalue weighted by Gasteiger charge is -2.12. The lowest BCUT2D eigenvalue weighted by atomic mass is 10.2. The molecule has 0 saturated carbocycles. The molecule has 3 aromatic carbocycles. The minimum Gasteiger partial charge on any atom is -0.484 e. The number of imide groups is 1. The normalized spacial score (nSPS) is 14.5. The summed E-state index contributed by atoms with van der Waals surface area (Å²) in [6, 6.07) is 19.4. The largest absolute Gasteiger partial charge is 0.484 e. The molecule has 0 aromatic heterocycles. The van der Waals surface area contributed by atoms with Gasteiger partial charge in [-0.15, -0.1) is 0 Å². The highest BCUT2D eigenvalue weighted by atomic mass is 35.5. The molecule has 1 aliphatic rings. The Bertz CT molecular complexity index is 1310. The van der Waals surface area contributed by atoms with Gasteiger partial charge in [-0.2, -0.15) is 0 Å². The molecule has 4 rings (SSSR count). The van der Waals surface area contributed by atoms with Crippen LogP contribution >= 0.6 is 35.0 Å². The number of aryl methyl sites for hydroxylation is 1. The molecule has 1 aliphatic heterocycles. The van der Waals surface area contributed by atoms with Gasteiger partial charge in [0.2, 0.25) is 0 Å². The van der Waals surface area contributed by atoms with Crippen LogP contribution in [0.5, 0.6) is 5.75 Å². The van der Waals surface area contributed by atoms with Crippen molar-refractivity contribution < 1.29 is 19.1 Å². The maximum absolute atomic E-state index is 12.8. The number of nitrogens with zero attached hydrogens (tertiary/aromatic N) is 1. The van der Waals surface area contributed by atoms with Crippen molar-refractivity contribution in [3.05, 3.63) is 98.4 Å². The molecule has 35 heavy (non-hydrogen) atoms. The summed E-state index contributed by atoms with van der Waals surface area (Å²) in [5.74, 6) is -0.137.